The van der Waals surface area contributed by atoms with Crippen molar-refractivity contribution < 1.29 is 14.3 Å². The number of hydrazine groups is 1. The molecular formula is C23H28FN7O2. The molecule has 1 aromatic carbocycles. The lowest BCUT2D eigenvalue weighted by Gasteiger charge is -2.24. The van der Waals surface area contributed by atoms with Gasteiger partial charge in [0.15, 0.2) is 5.84 Å². The topological polar surface area (TPSA) is 133 Å². The van der Waals surface area contributed by atoms with Crippen molar-refractivity contribution in [2.45, 2.75) is 39.8 Å². The average molecular weight is 454 g/mol. The molecule has 3 rings (SSSR count). The summed E-state index contributed by atoms with van der Waals surface area (Å²) in [4.78, 5) is 21.5. The molecule has 0 aliphatic heterocycles. The maximum Gasteiger partial charge on any atom is 0.259 e. The van der Waals surface area contributed by atoms with Gasteiger partial charge in [-0.05, 0) is 57.5 Å². The van der Waals surface area contributed by atoms with E-state index < -0.39 is 17.8 Å². The van der Waals surface area contributed by atoms with Crippen LogP contribution >= 0.6 is 0 Å². The first kappa shape index (κ1) is 24.0. The fourth-order valence-electron chi connectivity index (χ4n) is 3.14. The van der Waals surface area contributed by atoms with Crippen molar-refractivity contribution in [1.29, 1.82) is 5.41 Å². The largest absolute Gasteiger partial charge is 0.394 e. The van der Waals surface area contributed by atoms with Gasteiger partial charge in [0.25, 0.3) is 5.91 Å². The molecule has 33 heavy (non-hydrogen) atoms. The number of benzene rings is 1. The molecule has 0 saturated heterocycles. The number of pyridine rings is 1. The number of aromatic nitrogens is 3. The molecule has 1 atom stereocenters. The van der Waals surface area contributed by atoms with E-state index in [-0.39, 0.29) is 35.6 Å². The molecule has 0 aliphatic carbocycles. The fourth-order valence-corrected chi connectivity index (χ4v) is 3.14. The number of aliphatic hydroxyl groups is 1. The minimum absolute atomic E-state index is 0.128. The monoisotopic (exact) mass is 453 g/mol. The van der Waals surface area contributed by atoms with Crippen LogP contribution in [0.4, 0.5) is 10.2 Å². The maximum absolute atomic E-state index is 14.7. The van der Waals surface area contributed by atoms with Gasteiger partial charge in [-0.1, -0.05) is 6.07 Å². The van der Waals surface area contributed by atoms with Gasteiger partial charge in [-0.15, -0.1) is 0 Å². The lowest BCUT2D eigenvalue weighted by atomic mass is 10.0. The molecule has 2 aromatic heterocycles. The van der Waals surface area contributed by atoms with Gasteiger partial charge < -0.3 is 15.0 Å². The molecule has 9 nitrogen and oxygen atoms in total. The summed E-state index contributed by atoms with van der Waals surface area (Å²) < 4.78 is 16.6. The SMILES string of the molecule is Cc1cc(F)c(C(=O)Nc2cccc(C(=N)N(N)C(C)CO)n2)cc1-c1cn(C(C)C)cn1. The highest BCUT2D eigenvalue weighted by Crippen LogP contribution is 2.26. The predicted molar refractivity (Wildman–Crippen MR) is 124 cm³/mol. The Morgan fingerprint density at radius 3 is 2.70 bits per heavy atom. The summed E-state index contributed by atoms with van der Waals surface area (Å²) >= 11 is 0. The highest BCUT2D eigenvalue weighted by molar-refractivity contribution is 6.05. The third-order valence-corrected chi connectivity index (χ3v) is 5.26. The van der Waals surface area contributed by atoms with E-state index in [1.165, 1.54) is 18.2 Å². The van der Waals surface area contributed by atoms with Crippen molar-refractivity contribution in [2.75, 3.05) is 11.9 Å². The molecule has 0 spiro atoms. The highest BCUT2D eigenvalue weighted by atomic mass is 19.1. The molecule has 0 aliphatic rings. The number of carbonyl (C=O) groups excluding carboxylic acids is 1. The third kappa shape index (κ3) is 5.24. The second-order valence-corrected chi connectivity index (χ2v) is 8.10. The van der Waals surface area contributed by atoms with Crippen LogP contribution in [-0.2, 0) is 0 Å². The number of hydrogen-bond acceptors (Lipinski definition) is 6. The number of aryl methyl sites for hydroxylation is 1. The Kier molecular flexibility index (Phi) is 7.19. The summed E-state index contributed by atoms with van der Waals surface area (Å²) in [5.74, 6) is 4.51. The van der Waals surface area contributed by atoms with Crippen molar-refractivity contribution in [3.63, 3.8) is 0 Å². The zero-order valence-corrected chi connectivity index (χ0v) is 19.0. The normalized spacial score (nSPS) is 12.0. The van der Waals surface area contributed by atoms with E-state index >= 15 is 0 Å². The number of rotatable bonds is 7. The smallest absolute Gasteiger partial charge is 0.259 e. The average Bonchev–Trinajstić information content (AvgIpc) is 3.28. The Labute approximate surface area is 191 Å². The van der Waals surface area contributed by atoms with E-state index in [4.69, 9.17) is 11.3 Å². The zero-order valence-electron chi connectivity index (χ0n) is 19.0. The van der Waals surface area contributed by atoms with E-state index in [0.717, 1.165) is 5.01 Å². The minimum atomic E-state index is -0.679. The number of hydrogen-bond donors (Lipinski definition) is 4. The van der Waals surface area contributed by atoms with Crippen LogP contribution in [0.2, 0.25) is 0 Å². The number of aliphatic hydroxyl groups excluding tert-OH is 1. The summed E-state index contributed by atoms with van der Waals surface area (Å²) in [6, 6.07) is 7.19. The number of anilines is 1. The van der Waals surface area contributed by atoms with Crippen molar-refractivity contribution in [3.8, 4) is 11.3 Å². The van der Waals surface area contributed by atoms with E-state index in [0.29, 0.717) is 16.8 Å². The van der Waals surface area contributed by atoms with Crippen LogP contribution in [0.3, 0.4) is 0 Å². The zero-order chi connectivity index (χ0) is 24.3. The van der Waals surface area contributed by atoms with Crippen LogP contribution in [0.1, 0.15) is 48.4 Å². The lowest BCUT2D eigenvalue weighted by molar-refractivity contribution is 0.102. The molecule has 5 N–H and O–H groups in total. The molecule has 3 aromatic rings. The van der Waals surface area contributed by atoms with Gasteiger partial charge in [-0.2, -0.15) is 0 Å². The second kappa shape index (κ2) is 9.88. The Bertz CT molecular complexity index is 1180. The lowest BCUT2D eigenvalue weighted by Crippen LogP contribution is -2.46. The van der Waals surface area contributed by atoms with Crippen LogP contribution in [0.5, 0.6) is 0 Å². The molecule has 0 fully saturated rings. The molecule has 174 valence electrons. The molecule has 1 unspecified atom stereocenters. The summed E-state index contributed by atoms with van der Waals surface area (Å²) in [6.07, 6.45) is 3.56. The molecule has 10 heteroatoms. The summed E-state index contributed by atoms with van der Waals surface area (Å²) in [5, 5.41) is 21.1. The summed E-state index contributed by atoms with van der Waals surface area (Å²) in [6.45, 7) is 7.23. The first-order valence-corrected chi connectivity index (χ1v) is 10.5. The molecule has 0 radical (unpaired) electrons. The molecule has 2 heterocycles. The number of imidazole rings is 1. The fraction of sp³-hybridized carbons (Fsp3) is 0.304. The third-order valence-electron chi connectivity index (χ3n) is 5.26. The van der Waals surface area contributed by atoms with Gasteiger partial charge in [0.2, 0.25) is 0 Å². The Balaban J connectivity index is 1.87. The van der Waals surface area contributed by atoms with Crippen LogP contribution in [0, 0.1) is 18.2 Å². The number of nitrogens with one attached hydrogen (secondary N) is 2. The number of nitrogens with zero attached hydrogens (tertiary/aromatic N) is 4. The predicted octanol–water partition coefficient (Wildman–Crippen LogP) is 3.11. The molecule has 0 saturated carbocycles. The first-order valence-electron chi connectivity index (χ1n) is 10.5. The van der Waals surface area contributed by atoms with E-state index in [2.05, 4.69) is 15.3 Å². The number of amides is 1. The minimum Gasteiger partial charge on any atom is -0.394 e. The van der Waals surface area contributed by atoms with Gasteiger partial charge in [-0.25, -0.2) is 20.2 Å². The molecular weight excluding hydrogens is 425 g/mol. The van der Waals surface area contributed by atoms with Gasteiger partial charge in [-0.3, -0.25) is 15.2 Å². The first-order chi connectivity index (χ1) is 15.6. The standard InChI is InChI=1S/C23H28FN7O2/c1-13(2)30-10-20(27-12-30)16-9-17(18(24)8-14(16)3)23(33)29-21-7-5-6-19(28-21)22(25)31(26)15(4)11-32/h5-10,12-13,15,25,32H,11,26H2,1-4H3,(H,28,29,33). The number of amidine groups is 1. The van der Waals surface area contributed by atoms with Crippen molar-refractivity contribution in [1.82, 2.24) is 19.5 Å². The Morgan fingerprint density at radius 2 is 2.06 bits per heavy atom. The van der Waals surface area contributed by atoms with Gasteiger partial charge in [0.05, 0.1) is 30.2 Å². The van der Waals surface area contributed by atoms with Gasteiger partial charge in [0, 0.05) is 17.8 Å². The van der Waals surface area contributed by atoms with Crippen LogP contribution in [0.25, 0.3) is 11.3 Å². The van der Waals surface area contributed by atoms with Crippen LogP contribution < -0.4 is 11.2 Å². The van der Waals surface area contributed by atoms with E-state index in [1.54, 1.807) is 32.3 Å². The van der Waals surface area contributed by atoms with Crippen LogP contribution in [-0.4, -0.2) is 49.0 Å². The quantitative estimate of drug-likeness (QED) is 0.188. The van der Waals surface area contributed by atoms with Crippen molar-refractivity contribution >= 4 is 17.6 Å². The summed E-state index contributed by atoms with van der Waals surface area (Å²) in [7, 11) is 0. The van der Waals surface area contributed by atoms with Gasteiger partial charge >= 0.3 is 0 Å². The number of nitrogens with two attached hydrogens (primary N) is 1. The van der Waals surface area contributed by atoms with E-state index in [9.17, 15) is 14.3 Å². The Hall–Kier alpha value is -3.63. The Morgan fingerprint density at radius 1 is 1.33 bits per heavy atom. The second-order valence-electron chi connectivity index (χ2n) is 8.10. The van der Waals surface area contributed by atoms with E-state index in [1.807, 2.05) is 24.6 Å². The van der Waals surface area contributed by atoms with Crippen LogP contribution in [0.15, 0.2) is 42.9 Å². The molecule has 1 amide bonds. The van der Waals surface area contributed by atoms with Crippen molar-refractivity contribution in [3.05, 3.63) is 65.5 Å². The van der Waals surface area contributed by atoms with Gasteiger partial charge in [0.1, 0.15) is 17.3 Å². The maximum atomic E-state index is 14.7. The number of halogens is 1. The summed E-state index contributed by atoms with van der Waals surface area (Å²) in [5.41, 5.74) is 2.00. The molecule has 0 bridgehead atoms. The number of carbonyl (C=O) groups is 1. The highest BCUT2D eigenvalue weighted by Gasteiger charge is 2.19. The van der Waals surface area contributed by atoms with Crippen molar-refractivity contribution in [2.24, 2.45) is 5.84 Å².